The van der Waals surface area contributed by atoms with Crippen molar-refractivity contribution in [3.63, 3.8) is 0 Å². The molecule has 0 unspecified atom stereocenters. The van der Waals surface area contributed by atoms with Crippen molar-refractivity contribution >= 4 is 11.9 Å². The molecule has 0 saturated heterocycles. The largest absolute Gasteiger partial charge is 0.466 e. The highest BCUT2D eigenvalue weighted by atomic mass is 16.3. The Bertz CT molecular complexity index is 756. The molecular formula is C15H16N6O. The third-order valence-electron chi connectivity index (χ3n) is 2.98. The van der Waals surface area contributed by atoms with Gasteiger partial charge in [-0.2, -0.15) is 15.0 Å². The van der Waals surface area contributed by atoms with Crippen molar-refractivity contribution in [3.05, 3.63) is 59.6 Å². The second kappa shape index (κ2) is 6.21. The topological polar surface area (TPSA) is 103 Å². The van der Waals surface area contributed by atoms with Crippen molar-refractivity contribution in [1.82, 2.24) is 19.9 Å². The van der Waals surface area contributed by atoms with Gasteiger partial charge < -0.3 is 15.5 Å². The van der Waals surface area contributed by atoms with Gasteiger partial charge in [-0.1, -0.05) is 6.07 Å². The van der Waals surface area contributed by atoms with Crippen LogP contribution in [0.25, 0.3) is 0 Å². The van der Waals surface area contributed by atoms with Crippen LogP contribution in [0.3, 0.4) is 0 Å². The van der Waals surface area contributed by atoms with E-state index in [0.717, 1.165) is 17.2 Å². The number of nitrogens with zero attached hydrogens (tertiary/aromatic N) is 4. The molecule has 3 N–H and O–H groups in total. The lowest BCUT2D eigenvalue weighted by atomic mass is 10.3. The number of nitrogen functional groups attached to an aromatic ring is 1. The second-order valence-corrected chi connectivity index (χ2v) is 4.80. The molecule has 0 fully saturated rings. The maximum atomic E-state index is 5.74. The van der Waals surface area contributed by atoms with E-state index in [4.69, 9.17) is 10.2 Å². The van der Waals surface area contributed by atoms with Crippen molar-refractivity contribution in [2.75, 3.05) is 11.1 Å². The van der Waals surface area contributed by atoms with Gasteiger partial charge in [-0.05, 0) is 31.2 Å². The molecule has 0 saturated carbocycles. The standard InChI is InChI=1S/C15H16N6O/c1-10-5-6-12(22-10)8-13-19-14(16)21-15(20-13)18-9-11-4-2-3-7-17-11/h2-7H,8-9H2,1H3,(H3,16,18,19,20,21). The first-order chi connectivity index (χ1) is 10.7. The predicted octanol–water partition coefficient (Wildman–Crippen LogP) is 1.95. The summed E-state index contributed by atoms with van der Waals surface area (Å²) in [5.41, 5.74) is 6.63. The molecular weight excluding hydrogens is 280 g/mol. The molecule has 0 radical (unpaired) electrons. The third kappa shape index (κ3) is 3.57. The first kappa shape index (κ1) is 14.0. The first-order valence-electron chi connectivity index (χ1n) is 6.88. The summed E-state index contributed by atoms with van der Waals surface area (Å²) in [5, 5.41) is 3.10. The highest BCUT2D eigenvalue weighted by Crippen LogP contribution is 2.12. The van der Waals surface area contributed by atoms with Crippen molar-refractivity contribution in [3.8, 4) is 0 Å². The van der Waals surface area contributed by atoms with Gasteiger partial charge in [-0.15, -0.1) is 0 Å². The minimum atomic E-state index is 0.178. The van der Waals surface area contributed by atoms with E-state index in [1.807, 2.05) is 37.3 Å². The van der Waals surface area contributed by atoms with Crippen LogP contribution in [0.2, 0.25) is 0 Å². The molecule has 0 atom stereocenters. The van der Waals surface area contributed by atoms with E-state index in [1.54, 1.807) is 6.20 Å². The van der Waals surface area contributed by atoms with E-state index in [2.05, 4.69) is 25.3 Å². The van der Waals surface area contributed by atoms with E-state index >= 15 is 0 Å². The Morgan fingerprint density at radius 1 is 1.14 bits per heavy atom. The van der Waals surface area contributed by atoms with Crippen molar-refractivity contribution in [2.24, 2.45) is 0 Å². The number of nitrogens with two attached hydrogens (primary N) is 1. The maximum absolute atomic E-state index is 5.74. The van der Waals surface area contributed by atoms with Crippen LogP contribution in [-0.4, -0.2) is 19.9 Å². The number of nitrogens with one attached hydrogen (secondary N) is 1. The van der Waals surface area contributed by atoms with Gasteiger partial charge in [0.1, 0.15) is 17.3 Å². The molecule has 0 aliphatic rings. The van der Waals surface area contributed by atoms with Crippen LogP contribution in [0.5, 0.6) is 0 Å². The summed E-state index contributed by atoms with van der Waals surface area (Å²) in [5.74, 6) is 2.81. The SMILES string of the molecule is Cc1ccc(Cc2nc(N)nc(NCc3ccccn3)n2)o1. The maximum Gasteiger partial charge on any atom is 0.228 e. The normalized spacial score (nSPS) is 10.6. The number of anilines is 2. The Hall–Kier alpha value is -2.96. The van der Waals surface area contributed by atoms with Crippen LogP contribution in [0.4, 0.5) is 11.9 Å². The lowest BCUT2D eigenvalue weighted by Crippen LogP contribution is -2.10. The smallest absolute Gasteiger partial charge is 0.228 e. The van der Waals surface area contributed by atoms with E-state index < -0.39 is 0 Å². The van der Waals surface area contributed by atoms with Crippen LogP contribution in [0.1, 0.15) is 23.0 Å². The number of hydrogen-bond acceptors (Lipinski definition) is 7. The Morgan fingerprint density at radius 2 is 2.05 bits per heavy atom. The highest BCUT2D eigenvalue weighted by molar-refractivity contribution is 5.32. The summed E-state index contributed by atoms with van der Waals surface area (Å²) in [4.78, 5) is 16.8. The number of pyridine rings is 1. The summed E-state index contributed by atoms with van der Waals surface area (Å²) >= 11 is 0. The molecule has 0 aliphatic heterocycles. The summed E-state index contributed by atoms with van der Waals surface area (Å²) < 4.78 is 5.52. The predicted molar refractivity (Wildman–Crippen MR) is 82.1 cm³/mol. The van der Waals surface area contributed by atoms with Gasteiger partial charge >= 0.3 is 0 Å². The highest BCUT2D eigenvalue weighted by Gasteiger charge is 2.08. The zero-order chi connectivity index (χ0) is 15.4. The number of furan rings is 1. The Morgan fingerprint density at radius 3 is 2.77 bits per heavy atom. The molecule has 0 aliphatic carbocycles. The molecule has 7 heteroatoms. The van der Waals surface area contributed by atoms with Gasteiger partial charge in [0.25, 0.3) is 0 Å². The average molecular weight is 296 g/mol. The zero-order valence-electron chi connectivity index (χ0n) is 12.2. The van der Waals surface area contributed by atoms with E-state index in [1.165, 1.54) is 0 Å². The molecule has 112 valence electrons. The van der Waals surface area contributed by atoms with Gasteiger partial charge in [0.15, 0.2) is 0 Å². The minimum absolute atomic E-state index is 0.178. The quantitative estimate of drug-likeness (QED) is 0.741. The molecule has 0 spiro atoms. The molecule has 22 heavy (non-hydrogen) atoms. The third-order valence-corrected chi connectivity index (χ3v) is 2.98. The summed E-state index contributed by atoms with van der Waals surface area (Å²) in [6.07, 6.45) is 2.21. The molecule has 3 aromatic heterocycles. The minimum Gasteiger partial charge on any atom is -0.466 e. The lowest BCUT2D eigenvalue weighted by molar-refractivity contribution is 0.490. The fourth-order valence-corrected chi connectivity index (χ4v) is 2.00. The summed E-state index contributed by atoms with van der Waals surface area (Å²) in [7, 11) is 0. The molecule has 0 amide bonds. The van der Waals surface area contributed by atoms with Crippen molar-refractivity contribution in [1.29, 1.82) is 0 Å². The van der Waals surface area contributed by atoms with Gasteiger partial charge in [-0.25, -0.2) is 0 Å². The summed E-state index contributed by atoms with van der Waals surface area (Å²) in [6.45, 7) is 2.41. The lowest BCUT2D eigenvalue weighted by Gasteiger charge is -2.06. The first-order valence-corrected chi connectivity index (χ1v) is 6.88. The van der Waals surface area contributed by atoms with E-state index in [9.17, 15) is 0 Å². The number of aromatic nitrogens is 4. The van der Waals surface area contributed by atoms with Crippen molar-refractivity contribution in [2.45, 2.75) is 19.9 Å². The van der Waals surface area contributed by atoms with Gasteiger partial charge in [0.05, 0.1) is 18.7 Å². The number of hydrogen-bond donors (Lipinski definition) is 2. The van der Waals surface area contributed by atoms with Crippen LogP contribution in [-0.2, 0) is 13.0 Å². The van der Waals surface area contributed by atoms with Crippen LogP contribution < -0.4 is 11.1 Å². The fraction of sp³-hybridized carbons (Fsp3) is 0.200. The Labute approximate surface area is 127 Å². The van der Waals surface area contributed by atoms with Crippen LogP contribution in [0.15, 0.2) is 40.9 Å². The molecule has 3 heterocycles. The Balaban J connectivity index is 1.72. The monoisotopic (exact) mass is 296 g/mol. The van der Waals surface area contributed by atoms with Crippen LogP contribution in [0, 0.1) is 6.92 Å². The van der Waals surface area contributed by atoms with Gasteiger partial charge in [0.2, 0.25) is 11.9 Å². The fourth-order valence-electron chi connectivity index (χ4n) is 2.00. The number of aryl methyl sites for hydroxylation is 1. The van der Waals surface area contributed by atoms with Gasteiger partial charge in [0, 0.05) is 6.20 Å². The number of rotatable bonds is 5. The second-order valence-electron chi connectivity index (χ2n) is 4.80. The molecule has 7 nitrogen and oxygen atoms in total. The van der Waals surface area contributed by atoms with E-state index in [0.29, 0.717) is 24.7 Å². The molecule has 3 rings (SSSR count). The molecule has 0 bridgehead atoms. The van der Waals surface area contributed by atoms with E-state index in [-0.39, 0.29) is 5.95 Å². The van der Waals surface area contributed by atoms with Gasteiger partial charge in [-0.3, -0.25) is 4.98 Å². The molecule has 3 aromatic rings. The molecule has 0 aromatic carbocycles. The van der Waals surface area contributed by atoms with Crippen molar-refractivity contribution < 1.29 is 4.42 Å². The Kier molecular flexibility index (Phi) is 3.95. The zero-order valence-corrected chi connectivity index (χ0v) is 12.2. The van der Waals surface area contributed by atoms with Crippen LogP contribution >= 0.6 is 0 Å². The summed E-state index contributed by atoms with van der Waals surface area (Å²) in [6, 6.07) is 9.52. The average Bonchev–Trinajstić information content (AvgIpc) is 2.91.